The zero-order valence-corrected chi connectivity index (χ0v) is 15.6. The number of rotatable bonds is 5. The number of amides is 2. The lowest BCUT2D eigenvalue weighted by Gasteiger charge is -2.29. The lowest BCUT2D eigenvalue weighted by atomic mass is 9.93. The topological polar surface area (TPSA) is 50.4 Å². The Hall–Kier alpha value is -2.77. The lowest BCUT2D eigenvalue weighted by Crippen LogP contribution is -2.41. The summed E-state index contributed by atoms with van der Waals surface area (Å²) < 4.78 is 56.8. The van der Waals surface area contributed by atoms with Crippen LogP contribution in [0.4, 0.5) is 28.0 Å². The molecule has 0 heterocycles. The SMILES string of the molecule is O=C(Nc1cccc(CF)c1)NC1CCC(Oc2cccc(C(F)(F)F)c2)CC1. The molecule has 156 valence electrons. The Kier molecular flexibility index (Phi) is 6.61. The molecule has 1 aliphatic rings. The maximum atomic E-state index is 12.8. The van der Waals surface area contributed by atoms with Crippen molar-refractivity contribution in [1.29, 1.82) is 0 Å². The van der Waals surface area contributed by atoms with E-state index in [1.54, 1.807) is 24.3 Å². The molecule has 2 aromatic rings. The molecule has 0 atom stereocenters. The molecule has 4 nitrogen and oxygen atoms in total. The summed E-state index contributed by atoms with van der Waals surface area (Å²) in [4.78, 5) is 12.1. The van der Waals surface area contributed by atoms with E-state index in [0.717, 1.165) is 12.1 Å². The Balaban J connectivity index is 1.46. The fraction of sp³-hybridized carbons (Fsp3) is 0.381. The maximum Gasteiger partial charge on any atom is 0.416 e. The average molecular weight is 410 g/mol. The van der Waals surface area contributed by atoms with Gasteiger partial charge in [-0.05, 0) is 61.6 Å². The van der Waals surface area contributed by atoms with E-state index in [-0.39, 0.29) is 23.9 Å². The molecule has 1 fully saturated rings. The van der Waals surface area contributed by atoms with Gasteiger partial charge in [0.15, 0.2) is 0 Å². The zero-order valence-electron chi connectivity index (χ0n) is 15.6. The average Bonchev–Trinajstić information content (AvgIpc) is 2.69. The Morgan fingerprint density at radius 2 is 1.76 bits per heavy atom. The van der Waals surface area contributed by atoms with E-state index in [1.165, 1.54) is 12.1 Å². The summed E-state index contributed by atoms with van der Waals surface area (Å²) in [6.07, 6.45) is -2.04. The van der Waals surface area contributed by atoms with Crippen LogP contribution in [0.2, 0.25) is 0 Å². The van der Waals surface area contributed by atoms with E-state index in [4.69, 9.17) is 4.74 Å². The molecule has 1 aliphatic carbocycles. The van der Waals surface area contributed by atoms with E-state index < -0.39 is 18.4 Å². The molecule has 1 saturated carbocycles. The van der Waals surface area contributed by atoms with Gasteiger partial charge in [-0.25, -0.2) is 9.18 Å². The molecular weight excluding hydrogens is 388 g/mol. The molecule has 3 rings (SSSR count). The van der Waals surface area contributed by atoms with Crippen LogP contribution in [0.25, 0.3) is 0 Å². The van der Waals surface area contributed by atoms with E-state index in [9.17, 15) is 22.4 Å². The third kappa shape index (κ3) is 6.10. The van der Waals surface area contributed by atoms with Gasteiger partial charge in [0, 0.05) is 11.7 Å². The number of benzene rings is 2. The molecule has 0 saturated heterocycles. The summed E-state index contributed by atoms with van der Waals surface area (Å²) in [7, 11) is 0. The molecule has 0 radical (unpaired) electrons. The monoisotopic (exact) mass is 410 g/mol. The molecule has 0 aromatic heterocycles. The van der Waals surface area contributed by atoms with E-state index in [1.807, 2.05) is 0 Å². The minimum absolute atomic E-state index is 0.0549. The van der Waals surface area contributed by atoms with Crippen molar-refractivity contribution in [2.24, 2.45) is 0 Å². The normalized spacial score (nSPS) is 19.4. The number of carbonyl (C=O) groups excluding carboxylic acids is 1. The van der Waals surface area contributed by atoms with Crippen molar-refractivity contribution in [2.45, 2.75) is 50.7 Å². The van der Waals surface area contributed by atoms with Gasteiger partial charge in [0.1, 0.15) is 12.4 Å². The maximum absolute atomic E-state index is 12.8. The second-order valence-electron chi connectivity index (χ2n) is 7.05. The predicted octanol–water partition coefficient (Wildman–Crippen LogP) is 5.69. The van der Waals surface area contributed by atoms with Gasteiger partial charge in [-0.15, -0.1) is 0 Å². The highest BCUT2D eigenvalue weighted by Gasteiger charge is 2.31. The standard InChI is InChI=1S/C21H22F4N2O2/c22-13-14-3-1-5-17(11-14)27-20(28)26-16-7-9-18(10-8-16)29-19-6-2-4-15(12-19)21(23,24)25/h1-6,11-12,16,18H,7-10,13H2,(H2,26,27,28). The van der Waals surface area contributed by atoms with E-state index in [0.29, 0.717) is 36.9 Å². The zero-order chi connectivity index (χ0) is 20.9. The van der Waals surface area contributed by atoms with Crippen LogP contribution in [-0.4, -0.2) is 18.2 Å². The first-order chi connectivity index (χ1) is 13.8. The van der Waals surface area contributed by atoms with Crippen molar-refractivity contribution in [3.05, 3.63) is 59.7 Å². The summed E-state index contributed by atoms with van der Waals surface area (Å²) >= 11 is 0. The molecule has 8 heteroatoms. The van der Waals surface area contributed by atoms with Crippen LogP contribution in [0.5, 0.6) is 5.75 Å². The number of carbonyl (C=O) groups is 1. The van der Waals surface area contributed by atoms with Crippen LogP contribution < -0.4 is 15.4 Å². The summed E-state index contributed by atoms with van der Waals surface area (Å²) in [5.74, 6) is 0.196. The van der Waals surface area contributed by atoms with Gasteiger partial charge < -0.3 is 15.4 Å². The molecular formula is C21H22F4N2O2. The van der Waals surface area contributed by atoms with Crippen LogP contribution in [0, 0.1) is 0 Å². The van der Waals surface area contributed by atoms with Gasteiger partial charge in [0.05, 0.1) is 11.7 Å². The largest absolute Gasteiger partial charge is 0.490 e. The smallest absolute Gasteiger partial charge is 0.416 e. The first-order valence-corrected chi connectivity index (χ1v) is 9.40. The van der Waals surface area contributed by atoms with Crippen molar-refractivity contribution in [1.82, 2.24) is 5.32 Å². The number of nitrogens with one attached hydrogen (secondary N) is 2. The van der Waals surface area contributed by atoms with Gasteiger partial charge in [0.2, 0.25) is 0 Å². The van der Waals surface area contributed by atoms with Crippen molar-refractivity contribution in [3.8, 4) is 5.75 Å². The highest BCUT2D eigenvalue weighted by molar-refractivity contribution is 5.89. The van der Waals surface area contributed by atoms with Crippen LogP contribution in [0.3, 0.4) is 0 Å². The predicted molar refractivity (Wildman–Crippen MR) is 102 cm³/mol. The van der Waals surface area contributed by atoms with Gasteiger partial charge >= 0.3 is 12.2 Å². The number of alkyl halides is 4. The second-order valence-corrected chi connectivity index (χ2v) is 7.05. The third-order valence-corrected chi connectivity index (χ3v) is 4.81. The minimum Gasteiger partial charge on any atom is -0.490 e. The van der Waals surface area contributed by atoms with Crippen molar-refractivity contribution in [2.75, 3.05) is 5.32 Å². The number of hydrogen-bond acceptors (Lipinski definition) is 2. The van der Waals surface area contributed by atoms with Gasteiger partial charge in [0.25, 0.3) is 0 Å². The molecule has 0 spiro atoms. The van der Waals surface area contributed by atoms with E-state index in [2.05, 4.69) is 10.6 Å². The summed E-state index contributed by atoms with van der Waals surface area (Å²) in [6, 6.07) is 11.0. The molecule has 2 N–H and O–H groups in total. The summed E-state index contributed by atoms with van der Waals surface area (Å²) in [5, 5.41) is 5.55. The number of anilines is 1. The quantitative estimate of drug-likeness (QED) is 0.623. The number of ether oxygens (including phenoxy) is 1. The number of hydrogen-bond donors (Lipinski definition) is 2. The van der Waals surface area contributed by atoms with Crippen LogP contribution >= 0.6 is 0 Å². The highest BCUT2D eigenvalue weighted by Crippen LogP contribution is 2.32. The molecule has 0 bridgehead atoms. The molecule has 0 aliphatic heterocycles. The Bertz CT molecular complexity index is 833. The first-order valence-electron chi connectivity index (χ1n) is 9.40. The van der Waals surface area contributed by atoms with Crippen LogP contribution in [0.15, 0.2) is 48.5 Å². The molecule has 2 amide bonds. The molecule has 0 unspecified atom stereocenters. The summed E-state index contributed by atoms with van der Waals surface area (Å²) in [5.41, 5.74) is 0.258. The van der Waals surface area contributed by atoms with E-state index >= 15 is 0 Å². The fourth-order valence-electron chi connectivity index (χ4n) is 3.35. The van der Waals surface area contributed by atoms with Gasteiger partial charge in [-0.2, -0.15) is 13.2 Å². The lowest BCUT2D eigenvalue weighted by molar-refractivity contribution is -0.137. The first kappa shape index (κ1) is 21.0. The number of urea groups is 1. The van der Waals surface area contributed by atoms with Crippen LogP contribution in [-0.2, 0) is 12.9 Å². The Morgan fingerprint density at radius 1 is 1.03 bits per heavy atom. The number of halogens is 4. The van der Waals surface area contributed by atoms with Gasteiger partial charge in [-0.1, -0.05) is 18.2 Å². The Morgan fingerprint density at radius 3 is 2.45 bits per heavy atom. The van der Waals surface area contributed by atoms with Crippen molar-refractivity contribution in [3.63, 3.8) is 0 Å². The molecule has 2 aromatic carbocycles. The van der Waals surface area contributed by atoms with Gasteiger partial charge in [-0.3, -0.25) is 0 Å². The third-order valence-electron chi connectivity index (χ3n) is 4.81. The molecule has 29 heavy (non-hydrogen) atoms. The highest BCUT2D eigenvalue weighted by atomic mass is 19.4. The fourth-order valence-corrected chi connectivity index (χ4v) is 3.35. The van der Waals surface area contributed by atoms with Crippen molar-refractivity contribution >= 4 is 11.7 Å². The van der Waals surface area contributed by atoms with Crippen molar-refractivity contribution < 1.29 is 27.1 Å². The second kappa shape index (κ2) is 9.15. The van der Waals surface area contributed by atoms with Crippen LogP contribution in [0.1, 0.15) is 36.8 Å². The summed E-state index contributed by atoms with van der Waals surface area (Å²) in [6.45, 7) is -0.604. The Labute approximate surface area is 166 Å². The minimum atomic E-state index is -4.40.